The van der Waals surface area contributed by atoms with Crippen LogP contribution >= 0.6 is 0 Å². The molecule has 3 nitrogen and oxygen atoms in total. The van der Waals surface area contributed by atoms with E-state index in [-0.39, 0.29) is 12.6 Å². The maximum absolute atomic E-state index is 12.1. The topological polar surface area (TPSA) is 29.9 Å². The number of nitrogens with zero attached hydrogens (tertiary/aromatic N) is 2. The van der Waals surface area contributed by atoms with Gasteiger partial charge in [0.1, 0.15) is 0 Å². The Balaban J connectivity index is 1.92. The number of rotatable bonds is 5. The number of alkyl halides is 3. The molecule has 108 valence electrons. The molecule has 0 saturated heterocycles. The highest BCUT2D eigenvalue weighted by molar-refractivity contribution is 5.35. The molecule has 0 aliphatic rings. The number of aromatic nitrogens is 2. The summed E-state index contributed by atoms with van der Waals surface area (Å²) in [6.45, 7) is 1.77. The summed E-state index contributed by atoms with van der Waals surface area (Å²) in [5, 5.41) is 2.87. The molecule has 0 aliphatic carbocycles. The summed E-state index contributed by atoms with van der Waals surface area (Å²) in [6.07, 6.45) is 0.289. The van der Waals surface area contributed by atoms with E-state index in [0.29, 0.717) is 0 Å². The molecule has 1 heterocycles. The molecular formula is C14H16F3N3. The van der Waals surface area contributed by atoms with Crippen molar-refractivity contribution < 1.29 is 13.2 Å². The van der Waals surface area contributed by atoms with Gasteiger partial charge in [-0.2, -0.15) is 13.2 Å². The van der Waals surface area contributed by atoms with Crippen molar-refractivity contribution in [3.8, 4) is 5.69 Å². The van der Waals surface area contributed by atoms with Crippen molar-refractivity contribution in [2.75, 3.05) is 6.54 Å². The third-order valence-electron chi connectivity index (χ3n) is 3.05. The Kier molecular flexibility index (Phi) is 4.44. The van der Waals surface area contributed by atoms with Gasteiger partial charge in [-0.1, -0.05) is 12.1 Å². The molecule has 0 bridgehead atoms. The quantitative estimate of drug-likeness (QED) is 0.910. The molecule has 1 unspecified atom stereocenters. The molecule has 1 aromatic carbocycles. The van der Waals surface area contributed by atoms with Crippen LogP contribution in [0.4, 0.5) is 13.2 Å². The monoisotopic (exact) mass is 283 g/mol. The van der Waals surface area contributed by atoms with Crippen LogP contribution in [0.15, 0.2) is 43.0 Å². The first-order valence-corrected chi connectivity index (χ1v) is 6.34. The highest BCUT2D eigenvalue weighted by Gasteiger charge is 2.26. The van der Waals surface area contributed by atoms with Crippen LogP contribution in [-0.4, -0.2) is 22.3 Å². The maximum atomic E-state index is 12.1. The smallest absolute Gasteiger partial charge is 0.310 e. The minimum absolute atomic E-state index is 0.0755. The Morgan fingerprint density at radius 1 is 1.25 bits per heavy atom. The first-order chi connectivity index (χ1) is 9.46. The maximum Gasteiger partial charge on any atom is 0.390 e. The van der Waals surface area contributed by atoms with Crippen molar-refractivity contribution >= 4 is 0 Å². The third-order valence-corrected chi connectivity index (χ3v) is 3.05. The summed E-state index contributed by atoms with van der Waals surface area (Å²) in [5.41, 5.74) is 1.92. The van der Waals surface area contributed by atoms with E-state index in [9.17, 15) is 13.2 Å². The van der Waals surface area contributed by atoms with Crippen LogP contribution in [0.25, 0.3) is 5.69 Å². The van der Waals surface area contributed by atoms with Gasteiger partial charge in [0.05, 0.1) is 12.7 Å². The normalized spacial score (nSPS) is 13.4. The fraction of sp³-hybridized carbons (Fsp3) is 0.357. The first kappa shape index (κ1) is 14.6. The van der Waals surface area contributed by atoms with Crippen molar-refractivity contribution in [2.24, 2.45) is 0 Å². The lowest BCUT2D eigenvalue weighted by Crippen LogP contribution is -2.24. The molecule has 0 amide bonds. The fourth-order valence-electron chi connectivity index (χ4n) is 1.90. The van der Waals surface area contributed by atoms with E-state index in [4.69, 9.17) is 0 Å². The molecule has 6 heteroatoms. The zero-order chi connectivity index (χ0) is 14.6. The van der Waals surface area contributed by atoms with Crippen LogP contribution < -0.4 is 5.32 Å². The van der Waals surface area contributed by atoms with Crippen LogP contribution in [0.2, 0.25) is 0 Å². The van der Waals surface area contributed by atoms with Crippen LogP contribution in [0.1, 0.15) is 24.9 Å². The molecule has 2 rings (SSSR count). The molecule has 20 heavy (non-hydrogen) atoms. The van der Waals surface area contributed by atoms with Gasteiger partial charge in [-0.15, -0.1) is 0 Å². The molecule has 1 N–H and O–H groups in total. The average Bonchev–Trinajstić information content (AvgIpc) is 2.91. The van der Waals surface area contributed by atoms with Crippen molar-refractivity contribution in [3.63, 3.8) is 0 Å². The Morgan fingerprint density at radius 2 is 1.95 bits per heavy atom. The number of imidazole rings is 1. The van der Waals surface area contributed by atoms with Gasteiger partial charge in [-0.3, -0.25) is 0 Å². The molecule has 2 aromatic rings. The Labute approximate surface area is 115 Å². The third kappa shape index (κ3) is 4.09. The standard InChI is InChI=1S/C14H16F3N3/c1-11(19-7-6-14(15,16)17)12-2-4-13(5-3-12)20-9-8-18-10-20/h2-5,8-11,19H,6-7H2,1H3. The largest absolute Gasteiger partial charge is 0.390 e. The van der Waals surface area contributed by atoms with E-state index in [1.807, 2.05) is 42.0 Å². The van der Waals surface area contributed by atoms with Crippen LogP contribution in [0, 0.1) is 0 Å². The van der Waals surface area contributed by atoms with Gasteiger partial charge in [0, 0.05) is 30.7 Å². The average molecular weight is 283 g/mol. The minimum atomic E-state index is -4.11. The lowest BCUT2D eigenvalue weighted by atomic mass is 10.1. The predicted molar refractivity (Wildman–Crippen MR) is 70.7 cm³/mol. The van der Waals surface area contributed by atoms with E-state index in [0.717, 1.165) is 11.3 Å². The number of benzene rings is 1. The molecule has 0 aliphatic heterocycles. The van der Waals surface area contributed by atoms with Crippen LogP contribution in [-0.2, 0) is 0 Å². The molecule has 0 saturated carbocycles. The molecular weight excluding hydrogens is 267 g/mol. The van der Waals surface area contributed by atoms with Gasteiger partial charge in [0.2, 0.25) is 0 Å². The summed E-state index contributed by atoms with van der Waals surface area (Å²) >= 11 is 0. The van der Waals surface area contributed by atoms with Crippen molar-refractivity contribution in [1.82, 2.24) is 14.9 Å². The van der Waals surface area contributed by atoms with Crippen molar-refractivity contribution in [1.29, 1.82) is 0 Å². The Hall–Kier alpha value is -1.82. The van der Waals surface area contributed by atoms with E-state index in [1.165, 1.54) is 0 Å². The Morgan fingerprint density at radius 3 is 2.50 bits per heavy atom. The number of hydrogen-bond donors (Lipinski definition) is 1. The SMILES string of the molecule is CC(NCCC(F)(F)F)c1ccc(-n2ccnc2)cc1. The number of hydrogen-bond acceptors (Lipinski definition) is 2. The molecule has 0 fully saturated rings. The minimum Gasteiger partial charge on any atom is -0.310 e. The summed E-state index contributed by atoms with van der Waals surface area (Å²) < 4.78 is 38.1. The highest BCUT2D eigenvalue weighted by Crippen LogP contribution is 2.20. The predicted octanol–water partition coefficient (Wildman–Crippen LogP) is 3.48. The van der Waals surface area contributed by atoms with Gasteiger partial charge in [0.25, 0.3) is 0 Å². The lowest BCUT2D eigenvalue weighted by molar-refractivity contribution is -0.133. The van der Waals surface area contributed by atoms with Gasteiger partial charge in [-0.25, -0.2) is 4.98 Å². The highest BCUT2D eigenvalue weighted by atomic mass is 19.4. The van der Waals surface area contributed by atoms with Gasteiger partial charge < -0.3 is 9.88 Å². The molecule has 1 aromatic heterocycles. The van der Waals surface area contributed by atoms with Crippen molar-refractivity contribution in [3.05, 3.63) is 48.5 Å². The molecule has 0 radical (unpaired) electrons. The lowest BCUT2D eigenvalue weighted by Gasteiger charge is -2.15. The number of halogens is 3. The van der Waals surface area contributed by atoms with E-state index >= 15 is 0 Å². The second kappa shape index (κ2) is 6.09. The molecule has 1 atom stereocenters. The van der Waals surface area contributed by atoms with Gasteiger partial charge >= 0.3 is 6.18 Å². The second-order valence-electron chi connectivity index (χ2n) is 4.60. The molecule has 0 spiro atoms. The summed E-state index contributed by atoms with van der Waals surface area (Å²) in [6, 6.07) is 7.52. The Bertz CT molecular complexity index is 518. The van der Waals surface area contributed by atoms with E-state index in [1.54, 1.807) is 12.5 Å². The van der Waals surface area contributed by atoms with Gasteiger partial charge in [0.15, 0.2) is 0 Å². The first-order valence-electron chi connectivity index (χ1n) is 6.34. The van der Waals surface area contributed by atoms with Crippen LogP contribution in [0.3, 0.4) is 0 Å². The summed E-state index contributed by atoms with van der Waals surface area (Å²) in [7, 11) is 0. The summed E-state index contributed by atoms with van der Waals surface area (Å²) in [4.78, 5) is 3.96. The zero-order valence-electron chi connectivity index (χ0n) is 11.1. The number of nitrogens with one attached hydrogen (secondary N) is 1. The van der Waals surface area contributed by atoms with E-state index < -0.39 is 12.6 Å². The fourth-order valence-corrected chi connectivity index (χ4v) is 1.90. The van der Waals surface area contributed by atoms with Gasteiger partial charge in [-0.05, 0) is 24.6 Å². The summed E-state index contributed by atoms with van der Waals surface area (Å²) in [5.74, 6) is 0. The zero-order valence-corrected chi connectivity index (χ0v) is 11.1. The van der Waals surface area contributed by atoms with E-state index in [2.05, 4.69) is 10.3 Å². The van der Waals surface area contributed by atoms with Crippen LogP contribution in [0.5, 0.6) is 0 Å². The van der Waals surface area contributed by atoms with Crippen molar-refractivity contribution in [2.45, 2.75) is 25.6 Å². The second-order valence-corrected chi connectivity index (χ2v) is 4.60.